The van der Waals surface area contributed by atoms with Crippen LogP contribution in [-0.2, 0) is 6.61 Å². The number of amides is 1. The summed E-state index contributed by atoms with van der Waals surface area (Å²) in [6.45, 7) is 1.65. The van der Waals surface area contributed by atoms with E-state index in [1.807, 2.05) is 6.92 Å². The number of pyridine rings is 1. The smallest absolute Gasteiger partial charge is 0.254 e. The van der Waals surface area contributed by atoms with Crippen LogP contribution < -0.4 is 5.32 Å². The van der Waals surface area contributed by atoms with Gasteiger partial charge in [0.25, 0.3) is 5.91 Å². The monoisotopic (exact) mass is 395 g/mol. The Hall–Kier alpha value is -3.59. The minimum absolute atomic E-state index is 0.236. The van der Waals surface area contributed by atoms with E-state index < -0.39 is 6.04 Å². The number of oxazole rings is 1. The summed E-state index contributed by atoms with van der Waals surface area (Å²) in [5.74, 6) is -0.366. The molecule has 8 nitrogen and oxygen atoms in total. The van der Waals surface area contributed by atoms with Crippen LogP contribution in [0.3, 0.4) is 0 Å². The summed E-state index contributed by atoms with van der Waals surface area (Å²) in [5.41, 5.74) is 2.03. The molecule has 0 aliphatic heterocycles. The molecule has 0 bridgehead atoms. The van der Waals surface area contributed by atoms with Gasteiger partial charge in [-0.05, 0) is 30.7 Å². The van der Waals surface area contributed by atoms with Crippen molar-refractivity contribution >= 4 is 16.8 Å². The summed E-state index contributed by atoms with van der Waals surface area (Å²) in [6, 6.07) is 5.43. The lowest BCUT2D eigenvalue weighted by Gasteiger charge is -2.13. The van der Waals surface area contributed by atoms with Crippen molar-refractivity contribution in [2.75, 3.05) is 0 Å². The van der Waals surface area contributed by atoms with Crippen molar-refractivity contribution in [1.29, 1.82) is 0 Å². The summed E-state index contributed by atoms with van der Waals surface area (Å²) >= 11 is 0. The number of carbonyl (C=O) groups excluding carboxylic acids is 1. The van der Waals surface area contributed by atoms with Gasteiger partial charge in [-0.1, -0.05) is 6.92 Å². The molecule has 29 heavy (non-hydrogen) atoms. The number of aliphatic hydroxyl groups excluding tert-OH is 1. The first kappa shape index (κ1) is 18.8. The second kappa shape index (κ2) is 7.80. The third-order valence-electron chi connectivity index (χ3n) is 4.56. The standard InChI is InChI=1S/C20H18FN5O3/c1-2-17(20-24-13(10-27)11-29-20)25-19(28)16-7-22-9-18-15(16)8-23-26(18)14-5-3-12(21)4-6-14/h3-9,11,17,27H,2,10H2,1H3,(H,25,28). The van der Waals surface area contributed by atoms with E-state index >= 15 is 0 Å². The van der Waals surface area contributed by atoms with E-state index in [9.17, 15) is 9.18 Å². The lowest BCUT2D eigenvalue weighted by atomic mass is 10.1. The van der Waals surface area contributed by atoms with E-state index in [4.69, 9.17) is 9.52 Å². The molecule has 0 spiro atoms. The van der Waals surface area contributed by atoms with Gasteiger partial charge < -0.3 is 14.8 Å². The summed E-state index contributed by atoms with van der Waals surface area (Å²) in [7, 11) is 0. The van der Waals surface area contributed by atoms with E-state index in [0.29, 0.717) is 40.2 Å². The van der Waals surface area contributed by atoms with Crippen LogP contribution in [0.15, 0.2) is 53.5 Å². The Kier molecular flexibility index (Phi) is 5.05. The normalized spacial score (nSPS) is 12.2. The number of aliphatic hydroxyl groups is 1. The fourth-order valence-corrected chi connectivity index (χ4v) is 3.04. The maximum atomic E-state index is 13.2. The number of carbonyl (C=O) groups is 1. The maximum Gasteiger partial charge on any atom is 0.254 e. The van der Waals surface area contributed by atoms with Gasteiger partial charge >= 0.3 is 0 Å². The molecule has 148 valence electrons. The maximum absolute atomic E-state index is 13.2. The summed E-state index contributed by atoms with van der Waals surface area (Å²) in [6.07, 6.45) is 6.55. The lowest BCUT2D eigenvalue weighted by molar-refractivity contribution is 0.0930. The molecule has 9 heteroatoms. The fourth-order valence-electron chi connectivity index (χ4n) is 3.04. The lowest BCUT2D eigenvalue weighted by Crippen LogP contribution is -2.28. The summed E-state index contributed by atoms with van der Waals surface area (Å²) in [4.78, 5) is 21.2. The Morgan fingerprint density at radius 3 is 2.76 bits per heavy atom. The quantitative estimate of drug-likeness (QED) is 0.520. The van der Waals surface area contributed by atoms with Gasteiger partial charge in [-0.15, -0.1) is 0 Å². The third-order valence-corrected chi connectivity index (χ3v) is 4.56. The number of rotatable bonds is 6. The van der Waals surface area contributed by atoms with Gasteiger partial charge in [0.1, 0.15) is 23.8 Å². The highest BCUT2D eigenvalue weighted by atomic mass is 19.1. The molecule has 0 fully saturated rings. The van der Waals surface area contributed by atoms with Crippen molar-refractivity contribution in [3.8, 4) is 5.69 Å². The predicted octanol–water partition coefficient (Wildman–Crippen LogP) is 2.92. The van der Waals surface area contributed by atoms with Crippen LogP contribution in [0.2, 0.25) is 0 Å². The number of halogens is 1. The molecule has 1 unspecified atom stereocenters. The van der Waals surface area contributed by atoms with Gasteiger partial charge in [-0.2, -0.15) is 5.10 Å². The molecule has 3 heterocycles. The molecule has 3 aromatic heterocycles. The average Bonchev–Trinajstić information content (AvgIpc) is 3.39. The van der Waals surface area contributed by atoms with Crippen molar-refractivity contribution in [2.45, 2.75) is 26.0 Å². The van der Waals surface area contributed by atoms with Crippen LogP contribution in [0.25, 0.3) is 16.6 Å². The van der Waals surface area contributed by atoms with Crippen molar-refractivity contribution in [1.82, 2.24) is 25.1 Å². The van der Waals surface area contributed by atoms with Crippen LogP contribution in [0, 0.1) is 5.82 Å². The molecule has 2 N–H and O–H groups in total. The zero-order valence-electron chi connectivity index (χ0n) is 15.5. The largest absolute Gasteiger partial charge is 0.446 e. The van der Waals surface area contributed by atoms with Crippen LogP contribution in [0.5, 0.6) is 0 Å². The number of aromatic nitrogens is 4. The van der Waals surface area contributed by atoms with E-state index in [1.165, 1.54) is 24.6 Å². The van der Waals surface area contributed by atoms with Crippen molar-refractivity contribution in [2.24, 2.45) is 0 Å². The Morgan fingerprint density at radius 2 is 2.07 bits per heavy atom. The Bertz CT molecular complexity index is 1150. The fraction of sp³-hybridized carbons (Fsp3) is 0.200. The Labute approximate surface area is 165 Å². The number of hydrogen-bond acceptors (Lipinski definition) is 6. The number of fused-ring (bicyclic) bond motifs is 1. The molecule has 4 aromatic rings. The Balaban J connectivity index is 1.65. The molecule has 4 rings (SSSR count). The molecular formula is C20H18FN5O3. The molecule has 1 aromatic carbocycles. The first-order valence-corrected chi connectivity index (χ1v) is 9.04. The minimum atomic E-state index is -0.454. The number of benzene rings is 1. The zero-order valence-corrected chi connectivity index (χ0v) is 15.5. The van der Waals surface area contributed by atoms with Crippen LogP contribution >= 0.6 is 0 Å². The van der Waals surface area contributed by atoms with E-state index in [2.05, 4.69) is 20.4 Å². The number of nitrogens with zero attached hydrogens (tertiary/aromatic N) is 4. The van der Waals surface area contributed by atoms with Crippen LogP contribution in [0.1, 0.15) is 41.3 Å². The molecule has 1 amide bonds. The van der Waals surface area contributed by atoms with Gasteiger partial charge in [0.2, 0.25) is 5.89 Å². The van der Waals surface area contributed by atoms with E-state index in [0.717, 1.165) is 0 Å². The van der Waals surface area contributed by atoms with E-state index in [-0.39, 0.29) is 18.3 Å². The van der Waals surface area contributed by atoms with Crippen LogP contribution in [-0.4, -0.2) is 30.8 Å². The van der Waals surface area contributed by atoms with Crippen molar-refractivity contribution in [3.63, 3.8) is 0 Å². The first-order chi connectivity index (χ1) is 14.1. The van der Waals surface area contributed by atoms with Gasteiger partial charge in [0.05, 0.1) is 35.8 Å². The zero-order chi connectivity index (χ0) is 20.4. The molecular weight excluding hydrogens is 377 g/mol. The van der Waals surface area contributed by atoms with Crippen molar-refractivity contribution in [3.05, 3.63) is 72.1 Å². The number of hydrogen-bond donors (Lipinski definition) is 2. The summed E-state index contributed by atoms with van der Waals surface area (Å²) in [5, 5.41) is 17.0. The molecule has 0 radical (unpaired) electrons. The SMILES string of the molecule is CCC(NC(=O)c1cncc2c1cnn2-c1ccc(F)cc1)c1nc(CO)co1. The predicted molar refractivity (Wildman–Crippen MR) is 102 cm³/mol. The first-order valence-electron chi connectivity index (χ1n) is 9.04. The molecule has 1 atom stereocenters. The minimum Gasteiger partial charge on any atom is -0.446 e. The summed E-state index contributed by atoms with van der Waals surface area (Å²) < 4.78 is 20.2. The highest BCUT2D eigenvalue weighted by Crippen LogP contribution is 2.23. The second-order valence-electron chi connectivity index (χ2n) is 6.42. The van der Waals surface area contributed by atoms with Gasteiger partial charge in [-0.25, -0.2) is 14.1 Å². The highest BCUT2D eigenvalue weighted by Gasteiger charge is 2.21. The Morgan fingerprint density at radius 1 is 1.28 bits per heavy atom. The second-order valence-corrected chi connectivity index (χ2v) is 6.42. The molecule has 0 saturated carbocycles. The van der Waals surface area contributed by atoms with Crippen LogP contribution in [0.4, 0.5) is 4.39 Å². The third kappa shape index (κ3) is 3.59. The van der Waals surface area contributed by atoms with Crippen molar-refractivity contribution < 1.29 is 18.7 Å². The van der Waals surface area contributed by atoms with Gasteiger partial charge in [-0.3, -0.25) is 9.78 Å². The highest BCUT2D eigenvalue weighted by molar-refractivity contribution is 6.06. The molecule has 0 aliphatic rings. The molecule has 0 saturated heterocycles. The average molecular weight is 395 g/mol. The molecule has 0 aliphatic carbocycles. The topological polar surface area (TPSA) is 106 Å². The van der Waals surface area contributed by atoms with Gasteiger partial charge in [0, 0.05) is 11.6 Å². The van der Waals surface area contributed by atoms with E-state index in [1.54, 1.807) is 29.2 Å². The van der Waals surface area contributed by atoms with Gasteiger partial charge in [0.15, 0.2) is 0 Å². The number of nitrogens with one attached hydrogen (secondary N) is 1.